The smallest absolute Gasteiger partial charge is 0.406 e. The van der Waals surface area contributed by atoms with E-state index in [1.807, 2.05) is 13.0 Å². The fraction of sp³-hybridized carbons (Fsp3) is 0.211. The summed E-state index contributed by atoms with van der Waals surface area (Å²) in [6.45, 7) is 1.82. The summed E-state index contributed by atoms with van der Waals surface area (Å²) in [6.07, 6.45) is -4.80. The van der Waals surface area contributed by atoms with Gasteiger partial charge in [0.1, 0.15) is 5.75 Å². The van der Waals surface area contributed by atoms with Crippen molar-refractivity contribution in [1.82, 2.24) is 9.66 Å². The van der Waals surface area contributed by atoms with E-state index in [1.165, 1.54) is 17.8 Å². The maximum Gasteiger partial charge on any atom is 0.573 e. The molecule has 0 fully saturated rings. The monoisotopic (exact) mass is 423 g/mol. The zero-order valence-electron chi connectivity index (χ0n) is 15.2. The van der Waals surface area contributed by atoms with Gasteiger partial charge in [0.25, 0.3) is 5.56 Å². The van der Waals surface area contributed by atoms with E-state index >= 15 is 0 Å². The molecule has 0 atom stereocenters. The van der Waals surface area contributed by atoms with Crippen LogP contribution >= 0.6 is 11.8 Å². The van der Waals surface area contributed by atoms with Gasteiger partial charge in [-0.2, -0.15) is 4.68 Å². The molecule has 1 amide bonds. The highest BCUT2D eigenvalue weighted by molar-refractivity contribution is 7.99. The summed E-state index contributed by atoms with van der Waals surface area (Å²) in [7, 11) is 0. The minimum Gasteiger partial charge on any atom is -0.406 e. The minimum atomic E-state index is -4.85. The second-order valence-electron chi connectivity index (χ2n) is 5.89. The summed E-state index contributed by atoms with van der Waals surface area (Å²) in [5.74, 6) is -0.366. The number of nitrogens with zero attached hydrogens (tertiary/aromatic N) is 2. The summed E-state index contributed by atoms with van der Waals surface area (Å²) in [6, 6.07) is 12.2. The topological polar surface area (TPSA) is 73.2 Å². The van der Waals surface area contributed by atoms with Crippen molar-refractivity contribution in [3.8, 4) is 5.75 Å². The number of hydrogen-bond acceptors (Lipinski definition) is 5. The Morgan fingerprint density at radius 3 is 2.59 bits per heavy atom. The highest BCUT2D eigenvalue weighted by atomic mass is 32.2. The standard InChI is InChI=1S/C19H16F3N3O3S/c1-2-29-18-23-15-11-13(28-19(20,21)22)8-9-14(15)17(27)25(18)24-16(26)10-12-6-4-3-5-7-12/h3-9,11H,2,10H2,1H3,(H,24,26). The first kappa shape index (κ1) is 20.7. The molecule has 0 saturated heterocycles. The molecule has 10 heteroatoms. The van der Waals surface area contributed by atoms with Gasteiger partial charge in [-0.25, -0.2) is 4.98 Å². The van der Waals surface area contributed by atoms with Gasteiger partial charge in [-0.05, 0) is 23.4 Å². The number of benzene rings is 2. The molecule has 1 heterocycles. The molecule has 2 aromatic carbocycles. The van der Waals surface area contributed by atoms with Crippen LogP contribution in [0.1, 0.15) is 12.5 Å². The summed E-state index contributed by atoms with van der Waals surface area (Å²) >= 11 is 1.17. The van der Waals surface area contributed by atoms with Crippen molar-refractivity contribution >= 4 is 28.6 Å². The van der Waals surface area contributed by atoms with Crippen LogP contribution in [0.25, 0.3) is 10.9 Å². The Morgan fingerprint density at radius 2 is 1.93 bits per heavy atom. The van der Waals surface area contributed by atoms with Crippen molar-refractivity contribution in [2.45, 2.75) is 24.9 Å². The SMILES string of the molecule is CCSc1nc2cc(OC(F)(F)F)ccc2c(=O)n1NC(=O)Cc1ccccc1. The van der Waals surface area contributed by atoms with Crippen molar-refractivity contribution in [3.63, 3.8) is 0 Å². The van der Waals surface area contributed by atoms with Gasteiger partial charge in [-0.1, -0.05) is 49.0 Å². The van der Waals surface area contributed by atoms with Crippen molar-refractivity contribution < 1.29 is 22.7 Å². The normalized spacial score (nSPS) is 11.4. The van der Waals surface area contributed by atoms with Crippen LogP contribution < -0.4 is 15.7 Å². The lowest BCUT2D eigenvalue weighted by molar-refractivity contribution is -0.274. The van der Waals surface area contributed by atoms with Gasteiger partial charge < -0.3 is 4.74 Å². The van der Waals surface area contributed by atoms with Crippen LogP contribution in [0.2, 0.25) is 0 Å². The van der Waals surface area contributed by atoms with Crippen molar-refractivity contribution in [2.24, 2.45) is 0 Å². The first-order chi connectivity index (χ1) is 13.8. The molecule has 29 heavy (non-hydrogen) atoms. The third kappa shape index (κ3) is 5.29. The van der Waals surface area contributed by atoms with E-state index in [0.29, 0.717) is 5.75 Å². The number of hydrogen-bond donors (Lipinski definition) is 1. The lowest BCUT2D eigenvalue weighted by atomic mass is 10.1. The molecule has 0 unspecified atom stereocenters. The zero-order chi connectivity index (χ0) is 21.0. The first-order valence-electron chi connectivity index (χ1n) is 8.56. The van der Waals surface area contributed by atoms with Gasteiger partial charge in [-0.3, -0.25) is 15.0 Å². The van der Waals surface area contributed by atoms with Gasteiger partial charge in [0.2, 0.25) is 5.91 Å². The second-order valence-corrected chi connectivity index (χ2v) is 7.12. The van der Waals surface area contributed by atoms with E-state index in [1.54, 1.807) is 24.3 Å². The van der Waals surface area contributed by atoms with Crippen LogP contribution in [0.3, 0.4) is 0 Å². The predicted molar refractivity (Wildman–Crippen MR) is 104 cm³/mol. The van der Waals surface area contributed by atoms with Crippen LogP contribution in [0.15, 0.2) is 58.5 Å². The molecule has 152 valence electrons. The molecule has 6 nitrogen and oxygen atoms in total. The van der Waals surface area contributed by atoms with Gasteiger partial charge in [0, 0.05) is 6.07 Å². The number of carbonyl (C=O) groups excluding carboxylic acids is 1. The second kappa shape index (κ2) is 8.56. The molecule has 0 aliphatic carbocycles. The first-order valence-corrected chi connectivity index (χ1v) is 9.54. The summed E-state index contributed by atoms with van der Waals surface area (Å²) in [5, 5.41) is 0.218. The van der Waals surface area contributed by atoms with Crippen LogP contribution in [-0.2, 0) is 11.2 Å². The molecule has 3 rings (SSSR count). The van der Waals surface area contributed by atoms with Crippen LogP contribution in [0.4, 0.5) is 13.2 Å². The van der Waals surface area contributed by atoms with E-state index in [-0.39, 0.29) is 22.5 Å². The number of fused-ring (bicyclic) bond motifs is 1. The number of alkyl halides is 3. The Labute approximate surface area is 167 Å². The molecule has 0 aliphatic heterocycles. The number of halogens is 3. The van der Waals surface area contributed by atoms with Crippen LogP contribution in [0.5, 0.6) is 5.75 Å². The Hall–Kier alpha value is -3.01. The number of amides is 1. The number of nitrogens with one attached hydrogen (secondary N) is 1. The third-order valence-electron chi connectivity index (χ3n) is 3.76. The van der Waals surface area contributed by atoms with E-state index in [9.17, 15) is 22.8 Å². The number of rotatable bonds is 6. The Kier molecular flexibility index (Phi) is 6.12. The molecule has 0 radical (unpaired) electrons. The Morgan fingerprint density at radius 1 is 1.21 bits per heavy atom. The van der Waals surface area contributed by atoms with Crippen LogP contribution in [-0.4, -0.2) is 27.7 Å². The Bertz CT molecular complexity index is 1080. The fourth-order valence-electron chi connectivity index (χ4n) is 2.61. The molecule has 1 aromatic heterocycles. The third-order valence-corrected chi connectivity index (χ3v) is 4.58. The fourth-order valence-corrected chi connectivity index (χ4v) is 3.29. The maximum atomic E-state index is 12.8. The van der Waals surface area contributed by atoms with Gasteiger partial charge in [0.15, 0.2) is 5.16 Å². The quantitative estimate of drug-likeness (QED) is 0.483. The molecule has 0 saturated carbocycles. The van der Waals surface area contributed by atoms with Crippen molar-refractivity contribution in [3.05, 3.63) is 64.4 Å². The Balaban J connectivity index is 1.96. The molecular formula is C19H16F3N3O3S. The lowest BCUT2D eigenvalue weighted by Crippen LogP contribution is -2.35. The van der Waals surface area contributed by atoms with Gasteiger partial charge >= 0.3 is 6.36 Å². The molecule has 3 aromatic rings. The van der Waals surface area contributed by atoms with E-state index in [0.717, 1.165) is 22.4 Å². The number of thioether (sulfide) groups is 1. The highest BCUT2D eigenvalue weighted by Gasteiger charge is 2.31. The minimum absolute atomic E-state index is 0.0428. The van der Waals surface area contributed by atoms with E-state index in [2.05, 4.69) is 15.1 Å². The van der Waals surface area contributed by atoms with Crippen molar-refractivity contribution in [1.29, 1.82) is 0 Å². The summed E-state index contributed by atoms with van der Waals surface area (Å²) in [4.78, 5) is 29.5. The molecule has 0 aliphatic rings. The van der Waals surface area contributed by atoms with Crippen molar-refractivity contribution in [2.75, 3.05) is 11.2 Å². The van der Waals surface area contributed by atoms with Gasteiger partial charge in [0.05, 0.1) is 17.3 Å². The molecule has 0 spiro atoms. The maximum absolute atomic E-state index is 12.8. The molecule has 0 bridgehead atoms. The highest BCUT2D eigenvalue weighted by Crippen LogP contribution is 2.26. The number of ether oxygens (including phenoxy) is 1. The average Bonchev–Trinajstić information content (AvgIpc) is 2.64. The summed E-state index contributed by atoms with van der Waals surface area (Å²) in [5.41, 5.74) is 2.75. The lowest BCUT2D eigenvalue weighted by Gasteiger charge is -2.14. The predicted octanol–water partition coefficient (Wildman–Crippen LogP) is 3.72. The number of carbonyl (C=O) groups is 1. The summed E-state index contributed by atoms with van der Waals surface area (Å²) < 4.78 is 42.2. The number of aromatic nitrogens is 2. The van der Waals surface area contributed by atoms with Crippen LogP contribution in [0, 0.1) is 0 Å². The zero-order valence-corrected chi connectivity index (χ0v) is 16.0. The molecule has 1 N–H and O–H groups in total. The largest absolute Gasteiger partial charge is 0.573 e. The van der Waals surface area contributed by atoms with E-state index < -0.39 is 23.6 Å². The average molecular weight is 423 g/mol. The molecular weight excluding hydrogens is 407 g/mol. The van der Waals surface area contributed by atoms with Gasteiger partial charge in [-0.15, -0.1) is 13.2 Å². The van der Waals surface area contributed by atoms with E-state index in [4.69, 9.17) is 0 Å².